The first-order valence-electron chi connectivity index (χ1n) is 8.44. The third-order valence-electron chi connectivity index (χ3n) is 4.39. The second kappa shape index (κ2) is 6.88. The average Bonchev–Trinajstić information content (AvgIpc) is 3.11. The second-order valence-corrected chi connectivity index (χ2v) is 6.15. The zero-order valence-corrected chi connectivity index (χ0v) is 13.8. The number of piperidine rings is 1. The smallest absolute Gasteiger partial charge is 0.299 e. The van der Waals surface area contributed by atoms with E-state index in [9.17, 15) is 4.79 Å². The van der Waals surface area contributed by atoms with E-state index in [1.54, 1.807) is 12.4 Å². The Morgan fingerprint density at radius 1 is 1.24 bits per heavy atom. The van der Waals surface area contributed by atoms with Gasteiger partial charge < -0.3 is 14.6 Å². The van der Waals surface area contributed by atoms with E-state index in [1.165, 1.54) is 0 Å². The molecule has 1 unspecified atom stereocenters. The largest absolute Gasteiger partial charge is 0.422 e. The van der Waals surface area contributed by atoms with Gasteiger partial charge in [-0.2, -0.15) is 4.98 Å². The number of anilines is 1. The van der Waals surface area contributed by atoms with Gasteiger partial charge in [0.1, 0.15) is 0 Å². The van der Waals surface area contributed by atoms with Crippen LogP contribution in [0.5, 0.6) is 0 Å². The number of rotatable bonds is 4. The first kappa shape index (κ1) is 15.6. The maximum Gasteiger partial charge on any atom is 0.299 e. The summed E-state index contributed by atoms with van der Waals surface area (Å²) in [6.07, 6.45) is 5.21. The van der Waals surface area contributed by atoms with E-state index in [1.807, 2.05) is 35.2 Å². The number of nitrogens with zero attached hydrogens (tertiary/aromatic N) is 4. The molecule has 1 fully saturated rings. The minimum absolute atomic E-state index is 0.0459. The van der Waals surface area contributed by atoms with Gasteiger partial charge in [-0.3, -0.25) is 9.78 Å². The lowest BCUT2D eigenvalue weighted by Crippen LogP contribution is -2.43. The highest BCUT2D eigenvalue weighted by atomic mass is 16.4. The van der Waals surface area contributed by atoms with Crippen LogP contribution >= 0.6 is 0 Å². The van der Waals surface area contributed by atoms with Crippen LogP contribution in [0.1, 0.15) is 18.5 Å². The summed E-state index contributed by atoms with van der Waals surface area (Å²) in [5.74, 6) is -0.0370. The summed E-state index contributed by atoms with van der Waals surface area (Å²) >= 11 is 0. The molecule has 0 aliphatic carbocycles. The summed E-state index contributed by atoms with van der Waals surface area (Å²) in [7, 11) is 0. The number of carbonyl (C=O) groups excluding carboxylic acids is 1. The van der Waals surface area contributed by atoms with Crippen LogP contribution in [0, 0.1) is 5.92 Å². The number of pyridine rings is 2. The SMILES string of the molecule is O=C(NCc1ccccn1)C1CCCN(c2nc3ncccc3o2)C1. The van der Waals surface area contributed by atoms with Gasteiger partial charge in [-0.25, -0.2) is 4.98 Å². The van der Waals surface area contributed by atoms with Crippen LogP contribution in [0.4, 0.5) is 6.01 Å². The highest BCUT2D eigenvalue weighted by Gasteiger charge is 2.28. The molecular weight excluding hydrogens is 318 g/mol. The summed E-state index contributed by atoms with van der Waals surface area (Å²) in [6.45, 7) is 1.88. The van der Waals surface area contributed by atoms with Crippen molar-refractivity contribution in [2.45, 2.75) is 19.4 Å². The summed E-state index contributed by atoms with van der Waals surface area (Å²) < 4.78 is 5.78. The molecule has 0 radical (unpaired) electrons. The van der Waals surface area contributed by atoms with Crippen LogP contribution < -0.4 is 10.2 Å². The molecule has 128 valence electrons. The third kappa shape index (κ3) is 3.45. The molecule has 3 aromatic rings. The molecule has 25 heavy (non-hydrogen) atoms. The van der Waals surface area contributed by atoms with Gasteiger partial charge in [0.15, 0.2) is 5.58 Å². The third-order valence-corrected chi connectivity index (χ3v) is 4.39. The zero-order valence-electron chi connectivity index (χ0n) is 13.8. The molecule has 4 heterocycles. The van der Waals surface area contributed by atoms with E-state index in [4.69, 9.17) is 4.42 Å². The van der Waals surface area contributed by atoms with Crippen molar-refractivity contribution < 1.29 is 9.21 Å². The molecule has 1 amide bonds. The maximum absolute atomic E-state index is 12.5. The number of hydrogen-bond donors (Lipinski definition) is 1. The first-order valence-corrected chi connectivity index (χ1v) is 8.44. The Balaban J connectivity index is 1.41. The number of carbonyl (C=O) groups is 1. The Hall–Kier alpha value is -2.96. The minimum Gasteiger partial charge on any atom is -0.422 e. The van der Waals surface area contributed by atoms with Crippen molar-refractivity contribution in [3.8, 4) is 0 Å². The minimum atomic E-state index is -0.0829. The molecule has 0 bridgehead atoms. The number of nitrogens with one attached hydrogen (secondary N) is 1. The summed E-state index contributed by atoms with van der Waals surface area (Å²) in [4.78, 5) is 27.4. The molecular formula is C18H19N5O2. The van der Waals surface area contributed by atoms with E-state index < -0.39 is 0 Å². The second-order valence-electron chi connectivity index (χ2n) is 6.15. The van der Waals surface area contributed by atoms with Crippen molar-refractivity contribution in [3.05, 3.63) is 48.4 Å². The molecule has 0 saturated carbocycles. The zero-order chi connectivity index (χ0) is 17.1. The monoisotopic (exact) mass is 337 g/mol. The van der Waals surface area contributed by atoms with Crippen molar-refractivity contribution in [1.29, 1.82) is 0 Å². The van der Waals surface area contributed by atoms with E-state index in [-0.39, 0.29) is 11.8 Å². The Kier molecular flexibility index (Phi) is 4.28. The van der Waals surface area contributed by atoms with Gasteiger partial charge in [0.25, 0.3) is 6.01 Å². The van der Waals surface area contributed by atoms with Gasteiger partial charge in [0, 0.05) is 25.5 Å². The van der Waals surface area contributed by atoms with Gasteiger partial charge in [-0.05, 0) is 37.1 Å². The first-order chi connectivity index (χ1) is 12.3. The molecule has 1 saturated heterocycles. The van der Waals surface area contributed by atoms with E-state index in [0.29, 0.717) is 30.3 Å². The molecule has 0 spiro atoms. The molecule has 0 aromatic carbocycles. The number of hydrogen-bond acceptors (Lipinski definition) is 6. The number of fused-ring (bicyclic) bond motifs is 1. The fourth-order valence-electron chi connectivity index (χ4n) is 3.08. The van der Waals surface area contributed by atoms with Gasteiger partial charge in [0.05, 0.1) is 18.2 Å². The predicted octanol–water partition coefficient (Wildman–Crippen LogP) is 2.15. The normalized spacial score (nSPS) is 17.6. The molecule has 3 aromatic heterocycles. The number of amides is 1. The van der Waals surface area contributed by atoms with E-state index in [0.717, 1.165) is 25.1 Å². The van der Waals surface area contributed by atoms with Crippen LogP contribution in [-0.4, -0.2) is 33.9 Å². The molecule has 1 N–H and O–H groups in total. The maximum atomic E-state index is 12.5. The molecule has 4 rings (SSSR count). The molecule has 1 aliphatic rings. The lowest BCUT2D eigenvalue weighted by atomic mass is 9.97. The topological polar surface area (TPSA) is 84.2 Å². The highest BCUT2D eigenvalue weighted by molar-refractivity contribution is 5.79. The number of oxazole rings is 1. The fraction of sp³-hybridized carbons (Fsp3) is 0.333. The van der Waals surface area contributed by atoms with Gasteiger partial charge in [-0.15, -0.1) is 0 Å². The van der Waals surface area contributed by atoms with Crippen LogP contribution in [0.15, 0.2) is 47.1 Å². The Morgan fingerprint density at radius 3 is 3.00 bits per heavy atom. The van der Waals surface area contributed by atoms with Crippen molar-refractivity contribution in [1.82, 2.24) is 20.3 Å². The Morgan fingerprint density at radius 2 is 2.16 bits per heavy atom. The van der Waals surface area contributed by atoms with E-state index >= 15 is 0 Å². The summed E-state index contributed by atoms with van der Waals surface area (Å²) in [5, 5.41) is 2.98. The lowest BCUT2D eigenvalue weighted by Gasteiger charge is -2.30. The molecule has 1 aliphatic heterocycles. The van der Waals surface area contributed by atoms with Crippen LogP contribution in [0.3, 0.4) is 0 Å². The molecule has 1 atom stereocenters. The Labute approximate surface area is 145 Å². The summed E-state index contributed by atoms with van der Waals surface area (Å²) in [5.41, 5.74) is 2.12. The Bertz CT molecular complexity index is 831. The van der Waals surface area contributed by atoms with Gasteiger partial charge in [-0.1, -0.05) is 6.07 Å². The van der Waals surface area contributed by atoms with Crippen LogP contribution in [0.2, 0.25) is 0 Å². The molecule has 7 heteroatoms. The fourth-order valence-corrected chi connectivity index (χ4v) is 3.08. The summed E-state index contributed by atoms with van der Waals surface area (Å²) in [6, 6.07) is 9.88. The van der Waals surface area contributed by atoms with Crippen LogP contribution in [0.25, 0.3) is 11.2 Å². The van der Waals surface area contributed by atoms with Crippen molar-refractivity contribution in [3.63, 3.8) is 0 Å². The van der Waals surface area contributed by atoms with Gasteiger partial charge >= 0.3 is 0 Å². The van der Waals surface area contributed by atoms with Crippen molar-refractivity contribution in [2.75, 3.05) is 18.0 Å². The van der Waals surface area contributed by atoms with Crippen molar-refractivity contribution in [2.24, 2.45) is 5.92 Å². The van der Waals surface area contributed by atoms with Gasteiger partial charge in [0.2, 0.25) is 11.6 Å². The highest BCUT2D eigenvalue weighted by Crippen LogP contribution is 2.25. The quantitative estimate of drug-likeness (QED) is 0.785. The molecule has 7 nitrogen and oxygen atoms in total. The van der Waals surface area contributed by atoms with E-state index in [2.05, 4.69) is 20.3 Å². The lowest BCUT2D eigenvalue weighted by molar-refractivity contribution is -0.125. The van der Waals surface area contributed by atoms with Crippen molar-refractivity contribution >= 4 is 23.2 Å². The average molecular weight is 337 g/mol. The standard InChI is InChI=1S/C18H19N5O2/c24-17(21-11-14-6-1-2-8-19-14)13-5-4-10-23(12-13)18-22-16-15(25-18)7-3-9-20-16/h1-3,6-9,13H,4-5,10-12H2,(H,21,24). The number of aromatic nitrogens is 3. The van der Waals surface area contributed by atoms with Crippen LogP contribution in [-0.2, 0) is 11.3 Å². The predicted molar refractivity (Wildman–Crippen MR) is 92.8 cm³/mol.